The number of rotatable bonds is 6. The Morgan fingerprint density at radius 1 is 1.28 bits per heavy atom. The average molecular weight is 375 g/mol. The summed E-state index contributed by atoms with van der Waals surface area (Å²) in [5.41, 5.74) is 1.84. The predicted octanol–water partition coefficient (Wildman–Crippen LogP) is 4.70. The fourth-order valence-electron chi connectivity index (χ4n) is 2.34. The van der Waals surface area contributed by atoms with Crippen molar-refractivity contribution in [2.45, 2.75) is 6.54 Å². The molecule has 0 aliphatic carbocycles. The smallest absolute Gasteiger partial charge is 0.254 e. The molecule has 0 aliphatic heterocycles. The maximum absolute atomic E-state index is 12.8. The van der Waals surface area contributed by atoms with Gasteiger partial charge < -0.3 is 9.64 Å². The summed E-state index contributed by atoms with van der Waals surface area (Å²) in [7, 11) is 1.46. The maximum Gasteiger partial charge on any atom is 0.254 e. The molecule has 0 radical (unpaired) electrons. The summed E-state index contributed by atoms with van der Waals surface area (Å²) in [5.74, 6) is 0.109. The van der Waals surface area contributed by atoms with Crippen molar-refractivity contribution in [1.82, 2.24) is 4.90 Å². The van der Waals surface area contributed by atoms with Crippen LogP contribution < -0.4 is 4.74 Å². The number of hydrogen-bond acceptors (Lipinski definition) is 3. The van der Waals surface area contributed by atoms with E-state index in [0.29, 0.717) is 30.0 Å². The van der Waals surface area contributed by atoms with Crippen LogP contribution in [0.4, 0.5) is 0 Å². The first-order valence-corrected chi connectivity index (χ1v) is 8.18. The van der Waals surface area contributed by atoms with Crippen molar-refractivity contribution in [3.05, 3.63) is 75.8 Å². The molecule has 1 amide bonds. The van der Waals surface area contributed by atoms with E-state index in [1.165, 1.54) is 19.2 Å². The van der Waals surface area contributed by atoms with Crippen LogP contribution in [0.15, 0.2) is 49.1 Å². The number of halogens is 2. The lowest BCUT2D eigenvalue weighted by Gasteiger charge is -2.22. The third-order valence-electron chi connectivity index (χ3n) is 3.54. The predicted molar refractivity (Wildman–Crippen MR) is 99.1 cm³/mol. The van der Waals surface area contributed by atoms with Gasteiger partial charge in [0.15, 0.2) is 5.75 Å². The van der Waals surface area contributed by atoms with Gasteiger partial charge in [-0.3, -0.25) is 4.79 Å². The first-order valence-electron chi connectivity index (χ1n) is 7.42. The van der Waals surface area contributed by atoms with Crippen LogP contribution in [-0.2, 0) is 6.54 Å². The van der Waals surface area contributed by atoms with Crippen molar-refractivity contribution < 1.29 is 9.53 Å². The zero-order valence-electron chi connectivity index (χ0n) is 13.6. The van der Waals surface area contributed by atoms with Gasteiger partial charge in [-0.2, -0.15) is 5.26 Å². The minimum absolute atomic E-state index is 0.226. The highest BCUT2D eigenvalue weighted by Crippen LogP contribution is 2.34. The van der Waals surface area contributed by atoms with Gasteiger partial charge in [-0.15, -0.1) is 6.58 Å². The van der Waals surface area contributed by atoms with E-state index in [2.05, 4.69) is 12.6 Å². The van der Waals surface area contributed by atoms with Crippen molar-refractivity contribution in [3.8, 4) is 11.8 Å². The van der Waals surface area contributed by atoms with Crippen LogP contribution in [-0.4, -0.2) is 24.5 Å². The molecule has 0 saturated heterocycles. The van der Waals surface area contributed by atoms with E-state index in [1.807, 2.05) is 12.1 Å². The normalized spacial score (nSPS) is 10.0. The van der Waals surface area contributed by atoms with Gasteiger partial charge in [-0.1, -0.05) is 41.4 Å². The Kier molecular flexibility index (Phi) is 6.46. The van der Waals surface area contributed by atoms with Crippen LogP contribution in [0.25, 0.3) is 0 Å². The SMILES string of the molecule is C=CCN(Cc1ccc(C#N)cc1)C(=O)c1cc(Cl)c(OC)c(Cl)c1. The molecule has 4 nitrogen and oxygen atoms in total. The molecular weight excluding hydrogens is 359 g/mol. The van der Waals surface area contributed by atoms with Crippen molar-refractivity contribution in [3.63, 3.8) is 0 Å². The minimum atomic E-state index is -0.226. The van der Waals surface area contributed by atoms with Gasteiger partial charge in [0, 0.05) is 18.7 Å². The first-order chi connectivity index (χ1) is 12.0. The molecule has 0 saturated carbocycles. The molecule has 0 spiro atoms. The number of hydrogen-bond donors (Lipinski definition) is 0. The van der Waals surface area contributed by atoms with Crippen LogP contribution in [0, 0.1) is 11.3 Å². The summed E-state index contributed by atoms with van der Waals surface area (Å²) in [6, 6.07) is 12.2. The van der Waals surface area contributed by atoms with E-state index in [1.54, 1.807) is 23.1 Å². The zero-order valence-corrected chi connectivity index (χ0v) is 15.1. The molecular formula is C19H16Cl2N2O2. The van der Waals surface area contributed by atoms with Crippen LogP contribution in [0.2, 0.25) is 10.0 Å². The quantitative estimate of drug-likeness (QED) is 0.688. The van der Waals surface area contributed by atoms with Crippen LogP contribution >= 0.6 is 23.2 Å². The average Bonchev–Trinajstić information content (AvgIpc) is 2.61. The third kappa shape index (κ3) is 4.54. The summed E-state index contributed by atoms with van der Waals surface area (Å²) in [6.45, 7) is 4.43. The molecule has 0 atom stereocenters. The molecule has 0 unspecified atom stereocenters. The molecule has 128 valence electrons. The van der Waals surface area contributed by atoms with Crippen molar-refractivity contribution in [1.29, 1.82) is 5.26 Å². The Balaban J connectivity index is 2.28. The molecule has 0 aliphatic rings. The Hall–Kier alpha value is -2.48. The van der Waals surface area contributed by atoms with Gasteiger partial charge in [0.2, 0.25) is 0 Å². The molecule has 25 heavy (non-hydrogen) atoms. The van der Waals surface area contributed by atoms with E-state index < -0.39 is 0 Å². The Bertz CT molecular complexity index is 803. The molecule has 2 rings (SSSR count). The highest BCUT2D eigenvalue weighted by molar-refractivity contribution is 6.37. The van der Waals surface area contributed by atoms with E-state index in [4.69, 9.17) is 33.2 Å². The second-order valence-corrected chi connectivity index (χ2v) is 6.07. The van der Waals surface area contributed by atoms with Crippen LogP contribution in [0.3, 0.4) is 0 Å². The number of nitriles is 1. The Labute approximate surface area is 156 Å². The van der Waals surface area contributed by atoms with Gasteiger partial charge in [-0.25, -0.2) is 0 Å². The number of nitrogens with zero attached hydrogens (tertiary/aromatic N) is 2. The molecule has 2 aromatic rings. The Morgan fingerprint density at radius 2 is 1.88 bits per heavy atom. The molecule has 0 fully saturated rings. The van der Waals surface area contributed by atoms with E-state index in [-0.39, 0.29) is 16.0 Å². The second kappa shape index (κ2) is 8.57. The van der Waals surface area contributed by atoms with E-state index in [0.717, 1.165) is 5.56 Å². The van der Waals surface area contributed by atoms with E-state index >= 15 is 0 Å². The van der Waals surface area contributed by atoms with Gasteiger partial charge >= 0.3 is 0 Å². The number of carbonyl (C=O) groups excluding carboxylic acids is 1. The molecule has 0 bridgehead atoms. The lowest BCUT2D eigenvalue weighted by molar-refractivity contribution is 0.0762. The summed E-state index contributed by atoms with van der Waals surface area (Å²) in [5, 5.41) is 9.41. The van der Waals surface area contributed by atoms with Crippen molar-refractivity contribution in [2.24, 2.45) is 0 Å². The van der Waals surface area contributed by atoms with Gasteiger partial charge in [-0.05, 0) is 29.8 Å². The number of carbonyl (C=O) groups is 1. The van der Waals surface area contributed by atoms with Gasteiger partial charge in [0.05, 0.1) is 28.8 Å². The Morgan fingerprint density at radius 3 is 2.36 bits per heavy atom. The fourth-order valence-corrected chi connectivity index (χ4v) is 2.98. The summed E-state index contributed by atoms with van der Waals surface area (Å²) >= 11 is 12.2. The number of benzene rings is 2. The third-order valence-corrected chi connectivity index (χ3v) is 4.10. The van der Waals surface area contributed by atoms with Crippen molar-refractivity contribution >= 4 is 29.1 Å². The number of ether oxygens (including phenoxy) is 1. The van der Waals surface area contributed by atoms with Crippen LogP contribution in [0.1, 0.15) is 21.5 Å². The lowest BCUT2D eigenvalue weighted by atomic mass is 10.1. The summed E-state index contributed by atoms with van der Waals surface area (Å²) < 4.78 is 5.10. The van der Waals surface area contributed by atoms with Gasteiger partial charge in [0.25, 0.3) is 5.91 Å². The number of methoxy groups -OCH3 is 1. The lowest BCUT2D eigenvalue weighted by Crippen LogP contribution is -2.30. The van der Waals surface area contributed by atoms with Crippen molar-refractivity contribution in [2.75, 3.05) is 13.7 Å². The zero-order chi connectivity index (χ0) is 18.4. The van der Waals surface area contributed by atoms with Gasteiger partial charge in [0.1, 0.15) is 0 Å². The fraction of sp³-hybridized carbons (Fsp3) is 0.158. The minimum Gasteiger partial charge on any atom is -0.494 e. The molecule has 0 N–H and O–H groups in total. The highest BCUT2D eigenvalue weighted by Gasteiger charge is 2.19. The van der Waals surface area contributed by atoms with E-state index in [9.17, 15) is 4.79 Å². The highest BCUT2D eigenvalue weighted by atomic mass is 35.5. The molecule has 6 heteroatoms. The largest absolute Gasteiger partial charge is 0.494 e. The second-order valence-electron chi connectivity index (χ2n) is 5.26. The summed E-state index contributed by atoms with van der Waals surface area (Å²) in [4.78, 5) is 14.4. The monoisotopic (exact) mass is 374 g/mol. The van der Waals surface area contributed by atoms with Crippen LogP contribution in [0.5, 0.6) is 5.75 Å². The molecule has 2 aromatic carbocycles. The maximum atomic E-state index is 12.8. The molecule has 0 aromatic heterocycles. The topological polar surface area (TPSA) is 53.3 Å². The molecule has 0 heterocycles. The standard InChI is InChI=1S/C19H16Cl2N2O2/c1-3-8-23(12-14-6-4-13(11-22)5-7-14)19(24)15-9-16(20)18(25-2)17(21)10-15/h3-7,9-10H,1,8,12H2,2H3. The first kappa shape index (κ1) is 18.9. The summed E-state index contributed by atoms with van der Waals surface area (Å²) in [6.07, 6.45) is 1.65. The number of amides is 1.